The van der Waals surface area contributed by atoms with Crippen LogP contribution in [0.2, 0.25) is 0 Å². The average molecular weight is 509 g/mol. The van der Waals surface area contributed by atoms with Crippen LogP contribution in [0.1, 0.15) is 30.7 Å². The van der Waals surface area contributed by atoms with Crippen molar-refractivity contribution in [2.24, 2.45) is 5.92 Å². The molecule has 10 heteroatoms. The number of H-pyrrole nitrogens is 1. The highest BCUT2D eigenvalue weighted by Gasteiger charge is 2.34. The lowest BCUT2D eigenvalue weighted by atomic mass is 9.86. The third kappa shape index (κ3) is 4.17. The molecule has 1 aliphatic carbocycles. The van der Waals surface area contributed by atoms with Crippen LogP contribution in [0.25, 0.3) is 21.1 Å². The summed E-state index contributed by atoms with van der Waals surface area (Å²) in [7, 11) is 0. The first-order chi connectivity index (χ1) is 17.0. The van der Waals surface area contributed by atoms with Crippen LogP contribution in [0.15, 0.2) is 29.6 Å². The zero-order valence-corrected chi connectivity index (χ0v) is 21.6. The van der Waals surface area contributed by atoms with Gasteiger partial charge in [-0.1, -0.05) is 0 Å². The first-order valence-corrected chi connectivity index (χ1v) is 14.0. The maximum atomic E-state index is 13.4. The van der Waals surface area contributed by atoms with Crippen LogP contribution in [-0.4, -0.2) is 62.5 Å². The van der Waals surface area contributed by atoms with Gasteiger partial charge in [-0.2, -0.15) is 5.10 Å². The van der Waals surface area contributed by atoms with Crippen molar-refractivity contribution in [1.29, 1.82) is 0 Å². The van der Waals surface area contributed by atoms with Crippen LogP contribution in [0.3, 0.4) is 0 Å². The molecule has 4 aromatic rings. The summed E-state index contributed by atoms with van der Waals surface area (Å²) in [5, 5.41) is 12.9. The maximum absolute atomic E-state index is 13.4. The number of rotatable bonds is 4. The number of thiophene rings is 1. The number of anilines is 2. The fraction of sp³-hybridized carbons (Fsp3) is 0.440. The predicted molar refractivity (Wildman–Crippen MR) is 141 cm³/mol. The van der Waals surface area contributed by atoms with E-state index in [9.17, 15) is 4.79 Å². The van der Waals surface area contributed by atoms with E-state index in [4.69, 9.17) is 4.74 Å². The Hall–Kier alpha value is -2.69. The van der Waals surface area contributed by atoms with Gasteiger partial charge in [-0.3, -0.25) is 9.89 Å². The van der Waals surface area contributed by atoms with Gasteiger partial charge < -0.3 is 15.0 Å². The number of ether oxygens (including phenoxy) is 1. The van der Waals surface area contributed by atoms with Crippen molar-refractivity contribution in [3.05, 3.63) is 35.1 Å². The fourth-order valence-corrected chi connectivity index (χ4v) is 7.23. The number of aromatic nitrogens is 4. The van der Waals surface area contributed by atoms with Crippen molar-refractivity contribution >= 4 is 61.6 Å². The molecule has 2 aliphatic rings. The van der Waals surface area contributed by atoms with Crippen molar-refractivity contribution in [1.82, 2.24) is 25.1 Å². The number of morpholine rings is 1. The molecule has 1 saturated heterocycles. The highest BCUT2D eigenvalue weighted by atomic mass is 32.2. The van der Waals surface area contributed by atoms with Gasteiger partial charge in [0, 0.05) is 34.2 Å². The minimum Gasteiger partial charge on any atom is -0.372 e. The summed E-state index contributed by atoms with van der Waals surface area (Å²) in [5.74, 6) is 1.10. The Balaban J connectivity index is 1.30. The lowest BCUT2D eigenvalue weighted by molar-refractivity contribution is -0.147. The summed E-state index contributed by atoms with van der Waals surface area (Å²) >= 11 is 3.38. The molecule has 0 spiro atoms. The lowest BCUT2D eigenvalue weighted by Crippen LogP contribution is -2.50. The van der Waals surface area contributed by atoms with Crippen molar-refractivity contribution in [3.8, 4) is 0 Å². The molecule has 0 radical (unpaired) electrons. The fourth-order valence-electron chi connectivity index (χ4n) is 5.40. The summed E-state index contributed by atoms with van der Waals surface area (Å²) in [4.78, 5) is 27.9. The average Bonchev–Trinajstić information content (AvgIpc) is 3.46. The van der Waals surface area contributed by atoms with E-state index in [1.807, 2.05) is 24.9 Å². The SMILES string of the molecule is CSc1cc2[nH]ncc2cc1Nc1ncnc2sc3c(c12)CC[C@H](C(=O)N1C[C@@H](C)O[C@H](C)C1)C3. The molecule has 1 amide bonds. The summed E-state index contributed by atoms with van der Waals surface area (Å²) in [5.41, 5.74) is 3.31. The van der Waals surface area contributed by atoms with Crippen molar-refractivity contribution < 1.29 is 9.53 Å². The van der Waals surface area contributed by atoms with Gasteiger partial charge in [0.15, 0.2) is 0 Å². The molecule has 2 N–H and O–H groups in total. The third-order valence-corrected chi connectivity index (χ3v) is 8.88. The number of hydrogen-bond acceptors (Lipinski definition) is 8. The number of aryl methyl sites for hydroxylation is 1. The molecule has 35 heavy (non-hydrogen) atoms. The molecule has 1 fully saturated rings. The first kappa shape index (κ1) is 22.8. The van der Waals surface area contributed by atoms with Gasteiger partial charge in [-0.05, 0) is 57.1 Å². The number of carbonyl (C=O) groups excluding carboxylic acids is 1. The minimum atomic E-state index is 0.0176. The highest BCUT2D eigenvalue weighted by Crippen LogP contribution is 2.42. The van der Waals surface area contributed by atoms with E-state index in [0.29, 0.717) is 13.1 Å². The van der Waals surface area contributed by atoms with Gasteiger partial charge in [0.1, 0.15) is 17.0 Å². The molecule has 0 unspecified atom stereocenters. The topological polar surface area (TPSA) is 96.0 Å². The number of amides is 1. The second-order valence-electron chi connectivity index (χ2n) is 9.48. The Morgan fingerprint density at radius 1 is 1.26 bits per heavy atom. The molecule has 182 valence electrons. The number of benzene rings is 1. The lowest BCUT2D eigenvalue weighted by Gasteiger charge is -2.37. The summed E-state index contributed by atoms with van der Waals surface area (Å²) in [6.45, 7) is 5.44. The summed E-state index contributed by atoms with van der Waals surface area (Å²) in [6, 6.07) is 4.22. The Morgan fingerprint density at radius 2 is 2.09 bits per heavy atom. The molecule has 0 saturated carbocycles. The van der Waals surface area contributed by atoms with E-state index in [2.05, 4.69) is 43.9 Å². The van der Waals surface area contributed by atoms with E-state index in [-0.39, 0.29) is 24.0 Å². The predicted octanol–water partition coefficient (Wildman–Crippen LogP) is 4.77. The van der Waals surface area contributed by atoms with Gasteiger partial charge in [-0.25, -0.2) is 9.97 Å². The van der Waals surface area contributed by atoms with Crippen LogP contribution < -0.4 is 5.32 Å². The third-order valence-electron chi connectivity index (χ3n) is 6.94. The number of nitrogens with zero attached hydrogens (tertiary/aromatic N) is 4. The largest absolute Gasteiger partial charge is 0.372 e. The zero-order valence-electron chi connectivity index (χ0n) is 20.0. The summed E-state index contributed by atoms with van der Waals surface area (Å²) in [6.07, 6.45) is 8.18. The zero-order chi connectivity index (χ0) is 24.1. The molecule has 0 bridgehead atoms. The molecule has 3 atom stereocenters. The number of fused-ring (bicyclic) bond motifs is 4. The number of nitrogens with one attached hydrogen (secondary N) is 2. The van der Waals surface area contributed by atoms with Crippen molar-refractivity contribution in [2.75, 3.05) is 24.7 Å². The standard InChI is InChI=1S/C25H28N6O2S2/c1-13-10-31(11-14(2)33-13)25(32)15-4-5-17-20(7-15)35-24-22(17)23(26-12-27-24)29-19-6-16-9-28-30-18(16)8-21(19)34-3/h6,8-9,12-15H,4-5,7,10-11H2,1-3H3,(H,28,30)(H,26,27,29)/t13-,14-,15+/m1/s1. The van der Waals surface area contributed by atoms with Crippen LogP contribution >= 0.6 is 23.1 Å². The maximum Gasteiger partial charge on any atom is 0.226 e. The number of aromatic amines is 1. The Morgan fingerprint density at radius 3 is 2.89 bits per heavy atom. The van der Waals surface area contributed by atoms with Gasteiger partial charge in [-0.15, -0.1) is 23.1 Å². The van der Waals surface area contributed by atoms with Crippen LogP contribution in [-0.2, 0) is 22.4 Å². The normalized spacial score (nSPS) is 22.5. The first-order valence-electron chi connectivity index (χ1n) is 12.0. The minimum absolute atomic E-state index is 0.0176. The molecule has 4 heterocycles. The molecule has 1 aromatic carbocycles. The molecule has 6 rings (SSSR count). The smallest absolute Gasteiger partial charge is 0.226 e. The van der Waals surface area contributed by atoms with Crippen LogP contribution in [0.5, 0.6) is 0 Å². The van der Waals surface area contributed by atoms with Crippen molar-refractivity contribution in [3.63, 3.8) is 0 Å². The second kappa shape index (κ2) is 9.07. The molecular formula is C25H28N6O2S2. The highest BCUT2D eigenvalue weighted by molar-refractivity contribution is 7.98. The number of thioether (sulfide) groups is 1. The van der Waals surface area contributed by atoms with Gasteiger partial charge in [0.05, 0.1) is 35.0 Å². The number of carbonyl (C=O) groups is 1. The quantitative estimate of drug-likeness (QED) is 0.383. The molecule has 1 aliphatic heterocycles. The van der Waals surface area contributed by atoms with Crippen LogP contribution in [0, 0.1) is 5.92 Å². The molecular weight excluding hydrogens is 480 g/mol. The van der Waals surface area contributed by atoms with Gasteiger partial charge >= 0.3 is 0 Å². The number of hydrogen-bond donors (Lipinski definition) is 2. The second-order valence-corrected chi connectivity index (χ2v) is 11.4. The van der Waals surface area contributed by atoms with Crippen molar-refractivity contribution in [2.45, 2.75) is 50.2 Å². The summed E-state index contributed by atoms with van der Waals surface area (Å²) < 4.78 is 5.83. The van der Waals surface area contributed by atoms with E-state index in [1.54, 1.807) is 29.4 Å². The molecule has 3 aromatic heterocycles. The Labute approximate surface area is 211 Å². The van der Waals surface area contributed by atoms with Gasteiger partial charge in [0.2, 0.25) is 5.91 Å². The van der Waals surface area contributed by atoms with Gasteiger partial charge in [0.25, 0.3) is 0 Å². The molecule has 8 nitrogen and oxygen atoms in total. The van der Waals surface area contributed by atoms with E-state index in [1.165, 1.54) is 10.4 Å². The Kier molecular flexibility index (Phi) is 5.90. The van der Waals surface area contributed by atoms with E-state index in [0.717, 1.165) is 56.8 Å². The van der Waals surface area contributed by atoms with E-state index < -0.39 is 0 Å². The van der Waals surface area contributed by atoms with Crippen LogP contribution in [0.4, 0.5) is 11.5 Å². The van der Waals surface area contributed by atoms with E-state index >= 15 is 0 Å². The monoisotopic (exact) mass is 508 g/mol. The Bertz CT molecular complexity index is 1410.